The van der Waals surface area contributed by atoms with Gasteiger partial charge in [-0.1, -0.05) is 42.5 Å². The van der Waals surface area contributed by atoms with Gasteiger partial charge in [-0.2, -0.15) is 8.42 Å². The van der Waals surface area contributed by atoms with Crippen molar-refractivity contribution in [3.8, 4) is 5.75 Å². The molecule has 7 nitrogen and oxygen atoms in total. The van der Waals surface area contributed by atoms with Crippen LogP contribution >= 0.6 is 0 Å². The Morgan fingerprint density at radius 1 is 0.962 bits per heavy atom. The molecule has 3 rings (SSSR count). The zero-order chi connectivity index (χ0) is 18.7. The second-order valence-corrected chi connectivity index (χ2v) is 7.12. The molecule has 0 unspecified atom stereocenters. The number of nitrogens with zero attached hydrogens (tertiary/aromatic N) is 1. The van der Waals surface area contributed by atoms with Gasteiger partial charge in [-0.05, 0) is 41.6 Å². The van der Waals surface area contributed by atoms with Crippen molar-refractivity contribution >= 4 is 20.9 Å². The Hall–Kier alpha value is -3.13. The third kappa shape index (κ3) is 3.75. The first kappa shape index (κ1) is 17.7. The molecule has 0 aromatic heterocycles. The number of benzene rings is 3. The lowest BCUT2D eigenvalue weighted by molar-refractivity contribution is -0.763. The predicted molar refractivity (Wildman–Crippen MR) is 94.7 cm³/mol. The van der Waals surface area contributed by atoms with Crippen LogP contribution in [-0.4, -0.2) is 13.5 Å². The molecule has 0 amide bonds. The van der Waals surface area contributed by atoms with Gasteiger partial charge in [-0.25, -0.2) is 0 Å². The summed E-state index contributed by atoms with van der Waals surface area (Å²) in [6.45, 7) is 1.69. The molecule has 0 radical (unpaired) electrons. The van der Waals surface area contributed by atoms with E-state index in [0.717, 1.165) is 10.9 Å². The largest absolute Gasteiger partial charge is 0.379 e. The lowest BCUT2D eigenvalue weighted by Gasteiger charge is -2.11. The Bertz CT molecular complexity index is 1060. The second kappa shape index (κ2) is 7.01. The van der Waals surface area contributed by atoms with Crippen LogP contribution in [0.15, 0.2) is 65.6 Å². The summed E-state index contributed by atoms with van der Waals surface area (Å²) in [5.74, 6) is 0.111. The highest BCUT2D eigenvalue weighted by Crippen LogP contribution is 2.28. The van der Waals surface area contributed by atoms with Crippen LogP contribution in [0.4, 0.5) is 0 Å². The van der Waals surface area contributed by atoms with E-state index < -0.39 is 15.2 Å². The van der Waals surface area contributed by atoms with Crippen molar-refractivity contribution in [2.75, 3.05) is 0 Å². The maximum absolute atomic E-state index is 12.7. The molecule has 0 aliphatic carbocycles. The zero-order valence-electron chi connectivity index (χ0n) is 13.8. The van der Waals surface area contributed by atoms with Crippen LogP contribution in [0, 0.1) is 17.0 Å². The van der Waals surface area contributed by atoms with Crippen molar-refractivity contribution in [2.45, 2.75) is 18.4 Å². The minimum absolute atomic E-state index is 0.0828. The highest BCUT2D eigenvalue weighted by Gasteiger charge is 2.20. The molecule has 0 bridgehead atoms. The summed E-state index contributed by atoms with van der Waals surface area (Å²) >= 11 is 0. The maximum atomic E-state index is 12.7. The number of fused-ring (bicyclic) bond motifs is 1. The van der Waals surface area contributed by atoms with Crippen LogP contribution in [0.1, 0.15) is 11.1 Å². The van der Waals surface area contributed by atoms with Gasteiger partial charge >= 0.3 is 10.1 Å². The summed E-state index contributed by atoms with van der Waals surface area (Å²) in [7, 11) is -4.03. The monoisotopic (exact) mass is 373 g/mol. The van der Waals surface area contributed by atoms with E-state index in [4.69, 9.17) is 4.18 Å². The van der Waals surface area contributed by atoms with Gasteiger partial charge in [0.1, 0.15) is 17.3 Å². The summed E-state index contributed by atoms with van der Waals surface area (Å²) in [6.07, 6.45) is 0. The molecule has 0 saturated heterocycles. The predicted octanol–water partition coefficient (Wildman–Crippen LogP) is 3.62. The van der Waals surface area contributed by atoms with Crippen LogP contribution in [0.3, 0.4) is 0 Å². The van der Waals surface area contributed by atoms with Crippen molar-refractivity contribution in [2.24, 2.45) is 0 Å². The Kier molecular flexibility index (Phi) is 4.77. The Balaban J connectivity index is 1.88. The van der Waals surface area contributed by atoms with E-state index in [1.807, 2.05) is 19.1 Å². The third-order valence-electron chi connectivity index (χ3n) is 3.84. The Morgan fingerprint density at radius 3 is 2.31 bits per heavy atom. The minimum atomic E-state index is -4.03. The summed E-state index contributed by atoms with van der Waals surface area (Å²) < 4.78 is 30.6. The van der Waals surface area contributed by atoms with E-state index in [0.29, 0.717) is 10.9 Å². The van der Waals surface area contributed by atoms with E-state index in [1.54, 1.807) is 18.2 Å². The van der Waals surface area contributed by atoms with Gasteiger partial charge < -0.3 is 9.02 Å². The smallest absolute Gasteiger partial charge is 0.339 e. The molecule has 0 heterocycles. The van der Waals surface area contributed by atoms with Gasteiger partial charge in [-0.15, -0.1) is 10.1 Å². The fraction of sp³-hybridized carbons (Fsp3) is 0.111. The van der Waals surface area contributed by atoms with E-state index in [-0.39, 0.29) is 17.3 Å². The molecule has 0 aliphatic heterocycles. The van der Waals surface area contributed by atoms with Crippen LogP contribution < -0.4 is 4.18 Å². The first-order valence-electron chi connectivity index (χ1n) is 7.66. The zero-order valence-corrected chi connectivity index (χ0v) is 14.6. The molecule has 3 aromatic carbocycles. The van der Waals surface area contributed by atoms with E-state index in [2.05, 4.69) is 4.84 Å². The molecule has 0 N–H and O–H groups in total. The molecule has 8 heteroatoms. The number of hydrogen-bond donors (Lipinski definition) is 0. The van der Waals surface area contributed by atoms with Crippen molar-refractivity contribution in [3.63, 3.8) is 0 Å². The first-order valence-corrected chi connectivity index (χ1v) is 9.07. The molecule has 0 spiro atoms. The number of hydrogen-bond acceptors (Lipinski definition) is 6. The third-order valence-corrected chi connectivity index (χ3v) is 5.14. The van der Waals surface area contributed by atoms with Gasteiger partial charge in [0, 0.05) is 5.39 Å². The van der Waals surface area contributed by atoms with Crippen molar-refractivity contribution in [3.05, 3.63) is 81.9 Å². The number of rotatable bonds is 6. The van der Waals surface area contributed by atoms with Crippen LogP contribution in [0.25, 0.3) is 10.8 Å². The minimum Gasteiger partial charge on any atom is -0.379 e. The number of aryl methyl sites for hydroxylation is 1. The van der Waals surface area contributed by atoms with E-state index in [1.165, 1.54) is 30.3 Å². The molecule has 3 aromatic rings. The van der Waals surface area contributed by atoms with Crippen LogP contribution in [0.2, 0.25) is 0 Å². The topological polar surface area (TPSA) is 95.7 Å². The molecule has 0 fully saturated rings. The van der Waals surface area contributed by atoms with Crippen LogP contribution in [-0.2, 0) is 21.6 Å². The Labute approximate surface area is 150 Å². The fourth-order valence-electron chi connectivity index (χ4n) is 2.60. The quantitative estimate of drug-likeness (QED) is 0.372. The molecule has 134 valence electrons. The average Bonchev–Trinajstić information content (AvgIpc) is 2.61. The molecule has 26 heavy (non-hydrogen) atoms. The van der Waals surface area contributed by atoms with Gasteiger partial charge in [0.2, 0.25) is 0 Å². The summed E-state index contributed by atoms with van der Waals surface area (Å²) in [5, 5.41) is 10.7. The summed E-state index contributed by atoms with van der Waals surface area (Å²) in [5.41, 5.74) is 1.49. The highest BCUT2D eigenvalue weighted by molar-refractivity contribution is 7.87. The van der Waals surface area contributed by atoms with Crippen LogP contribution in [0.5, 0.6) is 5.75 Å². The summed E-state index contributed by atoms with van der Waals surface area (Å²) in [6, 6.07) is 16.3. The van der Waals surface area contributed by atoms with E-state index >= 15 is 0 Å². The lowest BCUT2D eigenvalue weighted by Crippen LogP contribution is -2.10. The highest BCUT2D eigenvalue weighted by atomic mass is 32.2. The Morgan fingerprint density at radius 2 is 1.62 bits per heavy atom. The maximum Gasteiger partial charge on any atom is 0.339 e. The van der Waals surface area contributed by atoms with Crippen molar-refractivity contribution < 1.29 is 22.5 Å². The van der Waals surface area contributed by atoms with E-state index in [9.17, 15) is 18.5 Å². The molecular formula is C18H15NO6S. The molecule has 0 aliphatic rings. The molecule has 0 saturated carbocycles. The normalized spacial score (nSPS) is 11.3. The average molecular weight is 373 g/mol. The van der Waals surface area contributed by atoms with Crippen molar-refractivity contribution in [1.29, 1.82) is 0 Å². The van der Waals surface area contributed by atoms with Crippen molar-refractivity contribution in [1.82, 2.24) is 0 Å². The molecular weight excluding hydrogens is 358 g/mol. The standard InChI is InChI=1S/C18H15NO6S/c1-13-4-2-6-17-16(13)5-3-7-18(17)26(22,23)25-15-10-8-14(9-11-15)12-24-19(20)21/h2-11H,12H2,1H3. The summed E-state index contributed by atoms with van der Waals surface area (Å²) in [4.78, 5) is 14.5. The lowest BCUT2D eigenvalue weighted by atomic mass is 10.1. The van der Waals surface area contributed by atoms with Gasteiger partial charge in [-0.3, -0.25) is 0 Å². The SMILES string of the molecule is Cc1cccc2c(S(=O)(=O)Oc3ccc(CO[N+](=O)[O-])cc3)cccc12. The van der Waals surface area contributed by atoms with Gasteiger partial charge in [0.05, 0.1) is 0 Å². The van der Waals surface area contributed by atoms with Gasteiger partial charge in [0.15, 0.2) is 0 Å². The first-order chi connectivity index (χ1) is 12.4. The fourth-order valence-corrected chi connectivity index (χ4v) is 3.74. The van der Waals surface area contributed by atoms with Gasteiger partial charge in [0.25, 0.3) is 5.09 Å². The second-order valence-electron chi connectivity index (χ2n) is 5.60. The molecule has 0 atom stereocenters.